The fourth-order valence-corrected chi connectivity index (χ4v) is 4.66. The summed E-state index contributed by atoms with van der Waals surface area (Å²) in [6, 6.07) is 5.37. The van der Waals surface area contributed by atoms with Crippen LogP contribution in [-0.2, 0) is 19.1 Å². The van der Waals surface area contributed by atoms with Crippen molar-refractivity contribution in [3.63, 3.8) is 0 Å². The van der Waals surface area contributed by atoms with E-state index < -0.39 is 41.7 Å². The first-order valence-electron chi connectivity index (χ1n) is 10.1. The number of allylic oxidation sites excluding steroid dienone is 1. The molecule has 2 N–H and O–H groups in total. The number of benzene rings is 1. The molecule has 1 heterocycles. The number of esters is 1. The molecule has 1 saturated heterocycles. The molecule has 2 aliphatic rings. The topological polar surface area (TPSA) is 95.9 Å². The van der Waals surface area contributed by atoms with Crippen molar-refractivity contribution in [2.75, 3.05) is 18.5 Å². The van der Waals surface area contributed by atoms with Gasteiger partial charge in [-0.15, -0.1) is 0 Å². The summed E-state index contributed by atoms with van der Waals surface area (Å²) in [5, 5.41) is 12.9. The number of para-hydroxylation sites is 1. The smallest absolute Gasteiger partial charge is 0.310 e. The fraction of sp³-hybridized carbons (Fsp3) is 0.500. The molecule has 1 fully saturated rings. The molecule has 0 radical (unpaired) electrons. The number of likely N-dealkylation sites (tertiary alicyclic amines) is 1. The van der Waals surface area contributed by atoms with Gasteiger partial charge >= 0.3 is 5.97 Å². The molecule has 1 aromatic rings. The molecule has 0 unspecified atom stereocenters. The number of aliphatic hydroxyl groups excluding tert-OH is 1. The van der Waals surface area contributed by atoms with Crippen molar-refractivity contribution in [2.24, 2.45) is 23.7 Å². The lowest BCUT2D eigenvalue weighted by Crippen LogP contribution is -2.49. The van der Waals surface area contributed by atoms with Gasteiger partial charge in [-0.3, -0.25) is 14.4 Å². The molecule has 1 aliphatic heterocycles. The molecule has 1 aliphatic carbocycles. The second-order valence-electron chi connectivity index (χ2n) is 7.82. The van der Waals surface area contributed by atoms with Crippen molar-refractivity contribution in [1.82, 2.24) is 4.90 Å². The van der Waals surface area contributed by atoms with E-state index in [0.29, 0.717) is 10.7 Å². The van der Waals surface area contributed by atoms with Crippen LogP contribution in [0.25, 0.3) is 0 Å². The van der Waals surface area contributed by atoms with Crippen molar-refractivity contribution in [3.8, 4) is 0 Å². The Morgan fingerprint density at radius 1 is 1.30 bits per heavy atom. The third kappa shape index (κ3) is 3.96. The van der Waals surface area contributed by atoms with Crippen LogP contribution < -0.4 is 5.32 Å². The molecule has 1 aromatic carbocycles. The zero-order valence-electron chi connectivity index (χ0n) is 17.2. The maximum Gasteiger partial charge on any atom is 0.310 e. The Bertz CT molecular complexity index is 858. The summed E-state index contributed by atoms with van der Waals surface area (Å²) >= 11 is 6.18. The van der Waals surface area contributed by atoms with Crippen LogP contribution >= 0.6 is 11.6 Å². The first kappa shape index (κ1) is 22.3. The van der Waals surface area contributed by atoms with E-state index in [2.05, 4.69) is 5.32 Å². The maximum absolute atomic E-state index is 13.4. The van der Waals surface area contributed by atoms with Crippen molar-refractivity contribution in [1.29, 1.82) is 0 Å². The summed E-state index contributed by atoms with van der Waals surface area (Å²) in [7, 11) is 0. The van der Waals surface area contributed by atoms with E-state index in [1.165, 1.54) is 4.90 Å². The van der Waals surface area contributed by atoms with Gasteiger partial charge in [0.05, 0.1) is 41.8 Å². The van der Waals surface area contributed by atoms with Gasteiger partial charge in [0.1, 0.15) is 6.04 Å². The van der Waals surface area contributed by atoms with Crippen LogP contribution in [-0.4, -0.2) is 53.1 Å². The van der Waals surface area contributed by atoms with Gasteiger partial charge in [0.15, 0.2) is 0 Å². The highest BCUT2D eigenvalue weighted by Crippen LogP contribution is 2.45. The third-order valence-corrected chi connectivity index (χ3v) is 6.24. The molecule has 7 nitrogen and oxygen atoms in total. The SMILES string of the molecule is CCOC(=O)[C@H]1[C@H]2C(=O)N([C@H](C)CO)[C@H](C(=O)Nc3ccccc3Cl)[C@H]2C=C[C@H]1C. The van der Waals surface area contributed by atoms with E-state index in [-0.39, 0.29) is 25.0 Å². The van der Waals surface area contributed by atoms with Gasteiger partial charge in [0.25, 0.3) is 0 Å². The number of nitrogens with one attached hydrogen (secondary N) is 1. The number of amides is 2. The van der Waals surface area contributed by atoms with Gasteiger partial charge in [-0.05, 0) is 31.9 Å². The van der Waals surface area contributed by atoms with Gasteiger partial charge < -0.3 is 20.1 Å². The van der Waals surface area contributed by atoms with Crippen LogP contribution in [0.5, 0.6) is 0 Å². The Kier molecular flexibility index (Phi) is 6.83. The molecular formula is C22H27ClN2O5. The van der Waals surface area contributed by atoms with Crippen LogP contribution in [0, 0.1) is 23.7 Å². The standard InChI is InChI=1S/C22H27ClN2O5/c1-4-30-22(29)17-12(2)9-10-14-18(17)21(28)25(13(3)11-26)19(14)20(27)24-16-8-6-5-7-15(16)23/h5-10,12-14,17-19,26H,4,11H2,1-3H3,(H,24,27)/t12-,13-,14+,17-,18+,19+/m1/s1. The number of hydrogen-bond acceptors (Lipinski definition) is 5. The Morgan fingerprint density at radius 2 is 2.00 bits per heavy atom. The monoisotopic (exact) mass is 434 g/mol. The predicted octanol–water partition coefficient (Wildman–Crippen LogP) is 2.49. The van der Waals surface area contributed by atoms with Gasteiger partial charge in [0.2, 0.25) is 11.8 Å². The molecule has 162 valence electrons. The minimum Gasteiger partial charge on any atom is -0.466 e. The molecule has 0 saturated carbocycles. The molecule has 2 amide bonds. The molecule has 6 atom stereocenters. The quantitative estimate of drug-likeness (QED) is 0.529. The van der Waals surface area contributed by atoms with E-state index in [1.54, 1.807) is 38.1 Å². The molecule has 0 aromatic heterocycles. The number of carbonyl (C=O) groups excluding carboxylic acids is 3. The average molecular weight is 435 g/mol. The second kappa shape index (κ2) is 9.18. The normalized spacial score (nSPS) is 28.8. The van der Waals surface area contributed by atoms with E-state index in [0.717, 1.165) is 0 Å². The fourth-order valence-electron chi connectivity index (χ4n) is 4.47. The average Bonchev–Trinajstić information content (AvgIpc) is 3.01. The summed E-state index contributed by atoms with van der Waals surface area (Å²) in [4.78, 5) is 40.8. The molecule has 30 heavy (non-hydrogen) atoms. The zero-order chi connectivity index (χ0) is 22.0. The molecule has 3 rings (SSSR count). The number of nitrogens with zero attached hydrogens (tertiary/aromatic N) is 1. The van der Waals surface area contributed by atoms with Gasteiger partial charge in [-0.25, -0.2) is 0 Å². The van der Waals surface area contributed by atoms with Crippen LogP contribution in [0.3, 0.4) is 0 Å². The highest BCUT2D eigenvalue weighted by Gasteiger charge is 2.58. The number of aliphatic hydroxyl groups is 1. The number of halogens is 1. The number of carbonyl (C=O) groups is 3. The molecular weight excluding hydrogens is 408 g/mol. The highest BCUT2D eigenvalue weighted by molar-refractivity contribution is 6.33. The number of fused-ring (bicyclic) bond motifs is 1. The summed E-state index contributed by atoms with van der Waals surface area (Å²) in [5.41, 5.74) is 0.437. The number of ether oxygens (including phenoxy) is 1. The minimum atomic E-state index is -0.874. The number of rotatable bonds is 6. The number of hydrogen-bond donors (Lipinski definition) is 2. The summed E-state index contributed by atoms with van der Waals surface area (Å²) < 4.78 is 5.23. The van der Waals surface area contributed by atoms with Gasteiger partial charge in [0, 0.05) is 5.92 Å². The van der Waals surface area contributed by atoms with Crippen molar-refractivity contribution >= 4 is 35.1 Å². The summed E-state index contributed by atoms with van der Waals surface area (Å²) in [6.07, 6.45) is 3.70. The van der Waals surface area contributed by atoms with Gasteiger partial charge in [-0.1, -0.05) is 42.8 Å². The largest absolute Gasteiger partial charge is 0.466 e. The lowest BCUT2D eigenvalue weighted by Gasteiger charge is -2.32. The lowest BCUT2D eigenvalue weighted by atomic mass is 9.70. The van der Waals surface area contributed by atoms with Crippen LogP contribution in [0.1, 0.15) is 20.8 Å². The molecule has 0 bridgehead atoms. The van der Waals surface area contributed by atoms with Crippen molar-refractivity contribution < 1.29 is 24.2 Å². The van der Waals surface area contributed by atoms with Crippen LogP contribution in [0.2, 0.25) is 5.02 Å². The Morgan fingerprint density at radius 3 is 2.63 bits per heavy atom. The van der Waals surface area contributed by atoms with E-state index in [4.69, 9.17) is 16.3 Å². The Hall–Kier alpha value is -2.38. The summed E-state index contributed by atoms with van der Waals surface area (Å²) in [5.74, 6) is -3.30. The van der Waals surface area contributed by atoms with Crippen molar-refractivity contribution in [2.45, 2.75) is 32.9 Å². The molecule has 8 heteroatoms. The second-order valence-corrected chi connectivity index (χ2v) is 8.22. The minimum absolute atomic E-state index is 0.203. The van der Waals surface area contributed by atoms with Crippen molar-refractivity contribution in [3.05, 3.63) is 41.4 Å². The van der Waals surface area contributed by atoms with E-state index in [9.17, 15) is 19.5 Å². The first-order valence-corrected chi connectivity index (χ1v) is 10.5. The Labute approximate surface area is 181 Å². The van der Waals surface area contributed by atoms with E-state index in [1.807, 2.05) is 19.1 Å². The predicted molar refractivity (Wildman–Crippen MR) is 113 cm³/mol. The first-order chi connectivity index (χ1) is 14.3. The Balaban J connectivity index is 1.99. The van der Waals surface area contributed by atoms with Crippen LogP contribution in [0.15, 0.2) is 36.4 Å². The van der Waals surface area contributed by atoms with E-state index >= 15 is 0 Å². The molecule has 0 spiro atoms. The maximum atomic E-state index is 13.4. The lowest BCUT2D eigenvalue weighted by molar-refractivity contribution is -0.155. The van der Waals surface area contributed by atoms with Crippen LogP contribution in [0.4, 0.5) is 5.69 Å². The third-order valence-electron chi connectivity index (χ3n) is 5.91. The van der Waals surface area contributed by atoms with Gasteiger partial charge in [-0.2, -0.15) is 0 Å². The number of anilines is 1. The zero-order valence-corrected chi connectivity index (χ0v) is 18.0. The summed E-state index contributed by atoms with van der Waals surface area (Å²) in [6.45, 7) is 5.17. The highest BCUT2D eigenvalue weighted by atomic mass is 35.5.